The molecule has 2 fully saturated rings. The van der Waals surface area contributed by atoms with E-state index in [9.17, 15) is 9.59 Å². The molecule has 5 atom stereocenters. The first kappa shape index (κ1) is 16.6. The molecule has 1 spiro atoms. The van der Waals surface area contributed by atoms with Crippen molar-refractivity contribution < 1.29 is 23.5 Å². The minimum atomic E-state index is -0.920. The molecule has 1 aromatic heterocycles. The average molecular weight is 344 g/mol. The van der Waals surface area contributed by atoms with E-state index in [2.05, 4.69) is 6.92 Å². The summed E-state index contributed by atoms with van der Waals surface area (Å²) >= 11 is 0. The third-order valence-corrected chi connectivity index (χ3v) is 6.76. The summed E-state index contributed by atoms with van der Waals surface area (Å²) in [6.07, 6.45) is 4.44. The maximum Gasteiger partial charge on any atom is 0.334 e. The Bertz CT molecular complexity index is 803. The molecular weight excluding hydrogens is 320 g/mol. The number of furan rings is 1. The first-order valence-electron chi connectivity index (χ1n) is 8.93. The lowest BCUT2D eigenvalue weighted by Crippen LogP contribution is -2.57. The molecule has 0 N–H and O–H groups in total. The molecule has 25 heavy (non-hydrogen) atoms. The monoisotopic (exact) mass is 344 g/mol. The van der Waals surface area contributed by atoms with Crippen molar-refractivity contribution in [3.8, 4) is 0 Å². The highest BCUT2D eigenvalue weighted by Gasteiger charge is 2.80. The van der Waals surface area contributed by atoms with Gasteiger partial charge in [0.15, 0.2) is 11.4 Å². The fourth-order valence-electron chi connectivity index (χ4n) is 4.81. The number of allylic oxidation sites excluding steroid dienone is 1. The topological polar surface area (TPSA) is 69.0 Å². The lowest BCUT2D eigenvalue weighted by Gasteiger charge is -2.49. The van der Waals surface area contributed by atoms with Gasteiger partial charge in [0.05, 0.1) is 17.8 Å². The summed E-state index contributed by atoms with van der Waals surface area (Å²) < 4.78 is 17.6. The molecule has 0 unspecified atom stereocenters. The molecule has 0 bridgehead atoms. The van der Waals surface area contributed by atoms with Gasteiger partial charge in [-0.15, -0.1) is 0 Å². The Kier molecular flexibility index (Phi) is 3.36. The van der Waals surface area contributed by atoms with E-state index in [0.717, 1.165) is 18.4 Å². The lowest BCUT2D eigenvalue weighted by atomic mass is 9.53. The SMILES string of the molecule is CC=C(C)C(=O)O[C@@H]1c2c(C)coc2C(=O)[C@@]23O[C@@H]2CC[C@@H](C)[C@@]13C. The third-order valence-electron chi connectivity index (χ3n) is 6.76. The van der Waals surface area contributed by atoms with Gasteiger partial charge in [-0.1, -0.05) is 19.9 Å². The quantitative estimate of drug-likeness (QED) is 0.462. The van der Waals surface area contributed by atoms with E-state index >= 15 is 0 Å². The Morgan fingerprint density at radius 2 is 2.12 bits per heavy atom. The molecule has 0 amide bonds. The highest BCUT2D eigenvalue weighted by Crippen LogP contribution is 2.69. The van der Waals surface area contributed by atoms with E-state index in [4.69, 9.17) is 13.9 Å². The van der Waals surface area contributed by atoms with Crippen molar-refractivity contribution in [3.63, 3.8) is 0 Å². The Labute approximate surface area is 147 Å². The largest absolute Gasteiger partial charge is 0.460 e. The molecule has 1 saturated heterocycles. The van der Waals surface area contributed by atoms with Crippen LogP contribution in [-0.2, 0) is 14.3 Å². The summed E-state index contributed by atoms with van der Waals surface area (Å²) in [5.74, 6) is 0.0216. The fourth-order valence-corrected chi connectivity index (χ4v) is 4.81. The Morgan fingerprint density at radius 3 is 2.80 bits per heavy atom. The van der Waals surface area contributed by atoms with E-state index < -0.39 is 17.1 Å². The van der Waals surface area contributed by atoms with Gasteiger partial charge in [0.1, 0.15) is 6.10 Å². The van der Waals surface area contributed by atoms with Crippen molar-refractivity contribution in [3.05, 3.63) is 34.8 Å². The summed E-state index contributed by atoms with van der Waals surface area (Å²) in [6.45, 7) is 9.59. The number of epoxide rings is 1. The van der Waals surface area contributed by atoms with Crippen molar-refractivity contribution in [2.45, 2.75) is 65.3 Å². The van der Waals surface area contributed by atoms with Crippen LogP contribution in [0, 0.1) is 18.3 Å². The van der Waals surface area contributed by atoms with Gasteiger partial charge in [-0.25, -0.2) is 4.79 Å². The summed E-state index contributed by atoms with van der Waals surface area (Å²) in [7, 11) is 0. The summed E-state index contributed by atoms with van der Waals surface area (Å²) in [5.41, 5.74) is 0.576. The highest BCUT2D eigenvalue weighted by molar-refractivity contribution is 6.06. The lowest BCUT2D eigenvalue weighted by molar-refractivity contribution is -0.161. The second-order valence-corrected chi connectivity index (χ2v) is 7.85. The maximum atomic E-state index is 13.2. The van der Waals surface area contributed by atoms with Gasteiger partial charge in [0.2, 0.25) is 5.78 Å². The fraction of sp³-hybridized carbons (Fsp3) is 0.600. The number of fused-ring (bicyclic) bond motifs is 1. The van der Waals surface area contributed by atoms with Crippen LogP contribution >= 0.6 is 0 Å². The standard InChI is InChI=1S/C20H24O5/c1-6-10(2)18(22)24-17-14-11(3)9-23-15(14)16(21)20-13(25-20)8-7-12(4)19(17,20)5/h6,9,12-13,17H,7-8H2,1-5H3/t12-,13-,17-,19+,20+/m1/s1. The number of esters is 1. The first-order valence-corrected chi connectivity index (χ1v) is 8.93. The van der Waals surface area contributed by atoms with Gasteiger partial charge in [0.25, 0.3) is 0 Å². The van der Waals surface area contributed by atoms with Crippen LogP contribution in [0.5, 0.6) is 0 Å². The molecule has 0 aromatic carbocycles. The van der Waals surface area contributed by atoms with Crippen LogP contribution < -0.4 is 0 Å². The average Bonchev–Trinajstić information content (AvgIpc) is 3.23. The minimum absolute atomic E-state index is 0.0929. The zero-order chi connectivity index (χ0) is 18.1. The molecule has 2 heterocycles. The normalized spacial score (nSPS) is 39.3. The van der Waals surface area contributed by atoms with Crippen LogP contribution in [0.25, 0.3) is 0 Å². The number of Topliss-reactive ketones (excluding diaryl/α,β-unsaturated/α-hetero) is 1. The molecule has 5 nitrogen and oxygen atoms in total. The first-order chi connectivity index (χ1) is 11.8. The molecule has 1 aliphatic heterocycles. The van der Waals surface area contributed by atoms with E-state index in [1.54, 1.807) is 19.3 Å². The van der Waals surface area contributed by atoms with Gasteiger partial charge in [-0.05, 0) is 45.1 Å². The van der Waals surface area contributed by atoms with E-state index in [1.807, 2.05) is 20.8 Å². The number of ketones is 1. The van der Waals surface area contributed by atoms with Gasteiger partial charge >= 0.3 is 5.97 Å². The molecule has 1 saturated carbocycles. The van der Waals surface area contributed by atoms with Crippen LogP contribution in [0.2, 0.25) is 0 Å². The minimum Gasteiger partial charge on any atom is -0.460 e. The van der Waals surface area contributed by atoms with Crippen LogP contribution in [0.3, 0.4) is 0 Å². The van der Waals surface area contributed by atoms with Gasteiger partial charge < -0.3 is 13.9 Å². The smallest absolute Gasteiger partial charge is 0.334 e. The predicted octanol–water partition coefficient (Wildman–Crippen LogP) is 3.91. The number of ether oxygens (including phenoxy) is 2. The van der Waals surface area contributed by atoms with Gasteiger partial charge in [0, 0.05) is 11.1 Å². The molecule has 134 valence electrons. The second kappa shape index (κ2) is 5.07. The van der Waals surface area contributed by atoms with Crippen LogP contribution in [-0.4, -0.2) is 23.5 Å². The molecule has 0 radical (unpaired) electrons. The number of rotatable bonds is 2. The number of aryl methyl sites for hydroxylation is 1. The van der Waals surface area contributed by atoms with E-state index in [-0.39, 0.29) is 23.8 Å². The third kappa shape index (κ3) is 1.82. The van der Waals surface area contributed by atoms with Crippen LogP contribution in [0.1, 0.15) is 68.3 Å². The Morgan fingerprint density at radius 1 is 1.40 bits per heavy atom. The molecule has 1 aromatic rings. The number of carbonyl (C=O) groups is 2. The molecule has 3 aliphatic rings. The van der Waals surface area contributed by atoms with E-state index in [0.29, 0.717) is 16.9 Å². The van der Waals surface area contributed by atoms with Gasteiger partial charge in [-0.2, -0.15) is 0 Å². The Hall–Kier alpha value is -1.88. The summed E-state index contributed by atoms with van der Waals surface area (Å²) in [5, 5.41) is 0. The number of carbonyl (C=O) groups excluding carboxylic acids is 2. The Balaban J connectivity index is 1.90. The number of hydrogen-bond acceptors (Lipinski definition) is 5. The zero-order valence-corrected chi connectivity index (χ0v) is 15.3. The summed E-state index contributed by atoms with van der Waals surface area (Å²) in [6, 6.07) is 0. The van der Waals surface area contributed by atoms with Crippen molar-refractivity contribution >= 4 is 11.8 Å². The summed E-state index contributed by atoms with van der Waals surface area (Å²) in [4.78, 5) is 25.8. The molecule has 4 rings (SSSR count). The van der Waals surface area contributed by atoms with Crippen LogP contribution in [0.15, 0.2) is 22.3 Å². The predicted molar refractivity (Wildman–Crippen MR) is 90.1 cm³/mol. The molecule has 5 heteroatoms. The van der Waals surface area contributed by atoms with Crippen LogP contribution in [0.4, 0.5) is 0 Å². The molecular formula is C20H24O5. The molecule has 2 aliphatic carbocycles. The van der Waals surface area contributed by atoms with Crippen molar-refractivity contribution in [1.29, 1.82) is 0 Å². The van der Waals surface area contributed by atoms with Crippen molar-refractivity contribution in [1.82, 2.24) is 0 Å². The maximum absolute atomic E-state index is 13.2. The second-order valence-electron chi connectivity index (χ2n) is 7.85. The van der Waals surface area contributed by atoms with Crippen molar-refractivity contribution in [2.75, 3.05) is 0 Å². The highest BCUT2D eigenvalue weighted by atomic mass is 16.6. The van der Waals surface area contributed by atoms with Crippen molar-refractivity contribution in [2.24, 2.45) is 11.3 Å². The van der Waals surface area contributed by atoms with E-state index in [1.165, 1.54) is 0 Å². The zero-order valence-electron chi connectivity index (χ0n) is 15.3. The number of hydrogen-bond donors (Lipinski definition) is 0. The van der Waals surface area contributed by atoms with Gasteiger partial charge in [-0.3, -0.25) is 4.79 Å².